The molecular weight excluding hydrogens is 171 g/mol. The lowest BCUT2D eigenvalue weighted by Crippen LogP contribution is -2.22. The highest BCUT2D eigenvalue weighted by atomic mass is 27.2. The fourth-order valence-electron chi connectivity index (χ4n) is 2.11. The normalized spacial score (nSPS) is 13.8. The lowest BCUT2D eigenvalue weighted by atomic mass is 10.3. The summed E-state index contributed by atoms with van der Waals surface area (Å²) in [5.41, 5.74) is 0. The average Bonchev–Trinajstić information content (AvgIpc) is 2.00. The second-order valence-electron chi connectivity index (χ2n) is 5.40. The summed E-state index contributed by atoms with van der Waals surface area (Å²) in [6.45, 7) is 14.3. The van der Waals surface area contributed by atoms with Crippen LogP contribution in [-0.4, -0.2) is 14.1 Å². The second kappa shape index (κ2) is 6.91. The van der Waals surface area contributed by atoms with Crippen LogP contribution in [0.15, 0.2) is 0 Å². The topological polar surface area (TPSA) is 0 Å². The van der Waals surface area contributed by atoms with Gasteiger partial charge in [-0.25, -0.2) is 0 Å². The van der Waals surface area contributed by atoms with Crippen molar-refractivity contribution in [1.82, 2.24) is 0 Å². The molecule has 0 saturated carbocycles. The van der Waals surface area contributed by atoms with Gasteiger partial charge < -0.3 is 0 Å². The lowest BCUT2D eigenvalue weighted by Gasteiger charge is -2.21. The van der Waals surface area contributed by atoms with E-state index in [-0.39, 0.29) is 0 Å². The molecule has 0 radical (unpaired) electrons. The SMILES string of the molecule is CC[CH](C)[Al]([CH2]C(C)C)[CH2]C(C)C. The van der Waals surface area contributed by atoms with Gasteiger partial charge in [0.05, 0.1) is 0 Å². The van der Waals surface area contributed by atoms with Crippen LogP contribution < -0.4 is 0 Å². The minimum Gasteiger partial charge on any atom is -0.0914 e. The molecule has 0 aromatic rings. The third kappa shape index (κ3) is 6.58. The fourth-order valence-corrected chi connectivity index (χ4v) is 6.32. The molecule has 1 heteroatoms. The highest BCUT2D eigenvalue weighted by Gasteiger charge is 2.24. The van der Waals surface area contributed by atoms with Gasteiger partial charge in [0.25, 0.3) is 14.1 Å². The van der Waals surface area contributed by atoms with E-state index in [4.69, 9.17) is 0 Å². The third-order valence-electron chi connectivity index (χ3n) is 3.00. The molecule has 1 atom stereocenters. The first kappa shape index (κ1) is 13.5. The summed E-state index contributed by atoms with van der Waals surface area (Å²) in [7, 11) is 0. The van der Waals surface area contributed by atoms with E-state index in [1.54, 1.807) is 10.6 Å². The minimum atomic E-state index is -0.444. The maximum atomic E-state index is 2.47. The Morgan fingerprint density at radius 1 is 0.846 bits per heavy atom. The Labute approximate surface area is 89.5 Å². The molecule has 0 saturated heterocycles. The number of hydrogen-bond acceptors (Lipinski definition) is 0. The molecule has 78 valence electrons. The standard InChI is InChI=1S/3C4H9.Al/c2*1-4(2)3;1-3-4-2;/h2*4H,1H2,2-3H3;3H,4H2,1-2H3;. The quantitative estimate of drug-likeness (QED) is 0.547. The van der Waals surface area contributed by atoms with Crippen molar-refractivity contribution in [2.24, 2.45) is 11.8 Å². The molecule has 0 amide bonds. The molecule has 0 aliphatic rings. The lowest BCUT2D eigenvalue weighted by molar-refractivity contribution is 0.669. The van der Waals surface area contributed by atoms with Gasteiger partial charge in [0.15, 0.2) is 0 Å². The summed E-state index contributed by atoms with van der Waals surface area (Å²) in [6.07, 6.45) is 1.40. The Kier molecular flexibility index (Phi) is 7.19. The Bertz CT molecular complexity index is 108. The van der Waals surface area contributed by atoms with Crippen LogP contribution >= 0.6 is 0 Å². The van der Waals surface area contributed by atoms with Crippen LogP contribution in [-0.2, 0) is 0 Å². The van der Waals surface area contributed by atoms with Crippen LogP contribution in [0.3, 0.4) is 0 Å². The van der Waals surface area contributed by atoms with Gasteiger partial charge in [0.1, 0.15) is 0 Å². The van der Waals surface area contributed by atoms with Crippen LogP contribution in [0.25, 0.3) is 0 Å². The van der Waals surface area contributed by atoms with Gasteiger partial charge >= 0.3 is 0 Å². The first-order valence-electron chi connectivity index (χ1n) is 5.97. The van der Waals surface area contributed by atoms with Crippen molar-refractivity contribution in [3.8, 4) is 0 Å². The fraction of sp³-hybridized carbons (Fsp3) is 1.00. The Balaban J connectivity index is 4.02. The van der Waals surface area contributed by atoms with E-state index in [9.17, 15) is 0 Å². The molecule has 0 aliphatic carbocycles. The molecule has 0 heterocycles. The van der Waals surface area contributed by atoms with Crippen LogP contribution in [0, 0.1) is 11.8 Å². The third-order valence-corrected chi connectivity index (χ3v) is 8.17. The molecular formula is C12H27Al. The first-order chi connectivity index (χ1) is 5.97. The van der Waals surface area contributed by atoms with Crippen molar-refractivity contribution in [1.29, 1.82) is 0 Å². The zero-order valence-corrected chi connectivity index (χ0v) is 11.6. The smallest absolute Gasteiger partial charge is 0.0914 e. The van der Waals surface area contributed by atoms with E-state index in [1.165, 1.54) is 6.42 Å². The zero-order valence-electron chi connectivity index (χ0n) is 10.4. The molecule has 0 rings (SSSR count). The van der Waals surface area contributed by atoms with Crippen LogP contribution in [0.1, 0.15) is 48.0 Å². The Morgan fingerprint density at radius 2 is 1.23 bits per heavy atom. The van der Waals surface area contributed by atoms with Crippen molar-refractivity contribution in [3.05, 3.63) is 0 Å². The maximum Gasteiger partial charge on any atom is 0.265 e. The van der Waals surface area contributed by atoms with E-state index in [2.05, 4.69) is 41.5 Å². The van der Waals surface area contributed by atoms with E-state index in [0.29, 0.717) is 0 Å². The number of hydrogen-bond donors (Lipinski definition) is 0. The van der Waals surface area contributed by atoms with Crippen LogP contribution in [0.5, 0.6) is 0 Å². The Hall–Kier alpha value is 0.532. The molecule has 0 fully saturated rings. The summed E-state index contributed by atoms with van der Waals surface area (Å²) in [6, 6.07) is 0. The molecule has 13 heavy (non-hydrogen) atoms. The predicted molar refractivity (Wildman–Crippen MR) is 64.8 cm³/mol. The molecule has 0 N–H and O–H groups in total. The van der Waals surface area contributed by atoms with Gasteiger partial charge in [0.2, 0.25) is 0 Å². The van der Waals surface area contributed by atoms with E-state index in [1.807, 2.05) is 0 Å². The van der Waals surface area contributed by atoms with E-state index >= 15 is 0 Å². The van der Waals surface area contributed by atoms with Crippen LogP contribution in [0.4, 0.5) is 0 Å². The maximum absolute atomic E-state index is 2.47. The average molecular weight is 198 g/mol. The second-order valence-corrected chi connectivity index (χ2v) is 9.01. The van der Waals surface area contributed by atoms with Gasteiger partial charge in [0, 0.05) is 0 Å². The van der Waals surface area contributed by atoms with Crippen molar-refractivity contribution in [3.63, 3.8) is 0 Å². The van der Waals surface area contributed by atoms with Crippen molar-refractivity contribution in [2.45, 2.75) is 63.3 Å². The monoisotopic (exact) mass is 198 g/mol. The van der Waals surface area contributed by atoms with Gasteiger partial charge in [-0.3, -0.25) is 0 Å². The molecule has 0 spiro atoms. The van der Waals surface area contributed by atoms with Gasteiger partial charge in [-0.1, -0.05) is 75.1 Å². The summed E-state index contributed by atoms with van der Waals surface area (Å²) >= 11 is -0.444. The number of rotatable bonds is 6. The summed E-state index contributed by atoms with van der Waals surface area (Å²) in [5.74, 6) is 1.84. The molecule has 0 aromatic heterocycles. The largest absolute Gasteiger partial charge is 0.265 e. The Morgan fingerprint density at radius 3 is 1.46 bits per heavy atom. The van der Waals surface area contributed by atoms with Gasteiger partial charge in [-0.2, -0.15) is 0 Å². The predicted octanol–water partition coefficient (Wildman–Crippen LogP) is 4.59. The van der Waals surface area contributed by atoms with Crippen LogP contribution in [0.2, 0.25) is 15.3 Å². The van der Waals surface area contributed by atoms with Crippen molar-refractivity contribution in [2.75, 3.05) is 0 Å². The van der Waals surface area contributed by atoms with Crippen molar-refractivity contribution < 1.29 is 0 Å². The summed E-state index contributed by atoms with van der Waals surface area (Å²) in [5, 5.41) is 3.10. The minimum absolute atomic E-state index is 0.444. The molecule has 0 nitrogen and oxygen atoms in total. The van der Waals surface area contributed by atoms with Crippen molar-refractivity contribution >= 4 is 14.1 Å². The first-order valence-corrected chi connectivity index (χ1v) is 8.27. The highest BCUT2D eigenvalue weighted by Crippen LogP contribution is 2.26. The van der Waals surface area contributed by atoms with Gasteiger partial charge in [-0.05, 0) is 0 Å². The van der Waals surface area contributed by atoms with E-state index in [0.717, 1.165) is 16.6 Å². The zero-order chi connectivity index (χ0) is 10.4. The van der Waals surface area contributed by atoms with Gasteiger partial charge in [-0.15, -0.1) is 0 Å². The highest BCUT2D eigenvalue weighted by molar-refractivity contribution is 6.60. The molecule has 1 unspecified atom stereocenters. The molecule has 0 aliphatic heterocycles. The summed E-state index contributed by atoms with van der Waals surface area (Å²) < 4.78 is 1.05. The van der Waals surface area contributed by atoms with E-state index < -0.39 is 14.1 Å². The molecule has 0 aromatic carbocycles. The molecule has 0 bridgehead atoms. The summed E-state index contributed by atoms with van der Waals surface area (Å²) in [4.78, 5) is 0.